The second-order valence-corrected chi connectivity index (χ2v) is 6.23. The van der Waals surface area contributed by atoms with Crippen LogP contribution in [0.15, 0.2) is 42.6 Å². The summed E-state index contributed by atoms with van der Waals surface area (Å²) in [4.78, 5) is 17.7. The zero-order valence-electron chi connectivity index (χ0n) is 13.2. The molecule has 0 radical (unpaired) electrons. The Morgan fingerprint density at radius 2 is 2.00 bits per heavy atom. The first-order chi connectivity index (χ1) is 11.6. The summed E-state index contributed by atoms with van der Waals surface area (Å²) in [6.45, 7) is 2.22. The van der Waals surface area contributed by atoms with Crippen molar-refractivity contribution >= 4 is 17.6 Å². The Morgan fingerprint density at radius 3 is 2.71 bits per heavy atom. The van der Waals surface area contributed by atoms with Crippen molar-refractivity contribution in [1.82, 2.24) is 9.88 Å². The zero-order chi connectivity index (χ0) is 16.9. The van der Waals surface area contributed by atoms with Gasteiger partial charge in [-0.3, -0.25) is 9.88 Å². The number of rotatable bonds is 5. The van der Waals surface area contributed by atoms with Gasteiger partial charge in [-0.05, 0) is 37.1 Å². The van der Waals surface area contributed by atoms with Crippen LogP contribution in [0.1, 0.15) is 28.9 Å². The lowest BCUT2D eigenvalue weighted by molar-refractivity contribution is 0.0689. The maximum Gasteiger partial charge on any atom is 0.337 e. The minimum absolute atomic E-state index is 0.129. The lowest BCUT2D eigenvalue weighted by atomic mass is 10.1. The van der Waals surface area contributed by atoms with E-state index >= 15 is 0 Å². The highest BCUT2D eigenvalue weighted by atomic mass is 35.5. The van der Waals surface area contributed by atoms with Crippen LogP contribution in [-0.4, -0.2) is 40.2 Å². The van der Waals surface area contributed by atoms with Crippen molar-refractivity contribution in [3.8, 4) is 5.75 Å². The molecule has 1 saturated heterocycles. The highest BCUT2D eigenvalue weighted by Gasteiger charge is 2.23. The van der Waals surface area contributed by atoms with Crippen molar-refractivity contribution in [2.24, 2.45) is 0 Å². The smallest absolute Gasteiger partial charge is 0.337 e. The summed E-state index contributed by atoms with van der Waals surface area (Å²) in [5.74, 6) is -0.217. The van der Waals surface area contributed by atoms with E-state index < -0.39 is 5.97 Å². The van der Waals surface area contributed by atoms with Crippen molar-refractivity contribution < 1.29 is 14.6 Å². The summed E-state index contributed by atoms with van der Waals surface area (Å²) in [6, 6.07) is 10.7. The van der Waals surface area contributed by atoms with Crippen LogP contribution in [0.5, 0.6) is 5.75 Å². The summed E-state index contributed by atoms with van der Waals surface area (Å²) in [5.41, 5.74) is 0.877. The number of benzene rings is 1. The van der Waals surface area contributed by atoms with Crippen LogP contribution in [0.2, 0.25) is 5.02 Å². The van der Waals surface area contributed by atoms with Crippen LogP contribution < -0.4 is 4.74 Å². The molecule has 0 amide bonds. The molecule has 0 saturated carbocycles. The number of hydrogen-bond donors (Lipinski definition) is 1. The number of carbonyl (C=O) groups is 1. The number of para-hydroxylation sites is 1. The Morgan fingerprint density at radius 1 is 1.25 bits per heavy atom. The Labute approximate surface area is 145 Å². The Bertz CT molecular complexity index is 715. The van der Waals surface area contributed by atoms with E-state index in [9.17, 15) is 9.90 Å². The van der Waals surface area contributed by atoms with Gasteiger partial charge in [0.1, 0.15) is 11.9 Å². The van der Waals surface area contributed by atoms with Gasteiger partial charge in [-0.1, -0.05) is 23.7 Å². The lowest BCUT2D eigenvalue weighted by Crippen LogP contribution is -2.38. The monoisotopic (exact) mass is 346 g/mol. The maximum absolute atomic E-state index is 11.3. The summed E-state index contributed by atoms with van der Waals surface area (Å²) in [6.07, 6.45) is 3.51. The molecule has 5 nitrogen and oxygen atoms in total. The number of hydrogen-bond acceptors (Lipinski definition) is 4. The molecule has 1 aliphatic heterocycles. The van der Waals surface area contributed by atoms with Crippen LogP contribution in [0.4, 0.5) is 0 Å². The van der Waals surface area contributed by atoms with E-state index in [2.05, 4.69) is 9.88 Å². The Kier molecular flexibility index (Phi) is 5.33. The topological polar surface area (TPSA) is 62.7 Å². The van der Waals surface area contributed by atoms with E-state index in [0.29, 0.717) is 17.3 Å². The van der Waals surface area contributed by atoms with Crippen LogP contribution in [0.3, 0.4) is 0 Å². The first-order valence-electron chi connectivity index (χ1n) is 7.94. The number of piperidine rings is 1. The molecule has 2 heterocycles. The fourth-order valence-corrected chi connectivity index (χ4v) is 3.06. The first kappa shape index (κ1) is 16.7. The molecule has 1 aromatic carbocycles. The highest BCUT2D eigenvalue weighted by Crippen LogP contribution is 2.27. The standard InChI is InChI=1S/C18H19ClN2O3/c19-15-5-1-2-6-17(15)24-13-7-10-21(11-8-13)12-16-14(18(22)23)4-3-9-20-16/h1-6,9,13H,7-8,10-12H2,(H,22,23). The van der Waals surface area contributed by atoms with Gasteiger partial charge < -0.3 is 9.84 Å². The molecule has 0 atom stereocenters. The third-order valence-electron chi connectivity index (χ3n) is 4.16. The molecule has 1 N–H and O–H groups in total. The van der Waals surface area contributed by atoms with Gasteiger partial charge in [0.05, 0.1) is 16.3 Å². The maximum atomic E-state index is 11.3. The van der Waals surface area contributed by atoms with Gasteiger partial charge in [0.2, 0.25) is 0 Å². The molecule has 1 aliphatic rings. The predicted molar refractivity (Wildman–Crippen MR) is 91.6 cm³/mol. The molecule has 6 heteroatoms. The quantitative estimate of drug-likeness (QED) is 0.898. The van der Waals surface area contributed by atoms with E-state index in [1.165, 1.54) is 0 Å². The van der Waals surface area contributed by atoms with Crippen molar-refractivity contribution in [2.75, 3.05) is 13.1 Å². The number of aromatic nitrogens is 1. The molecule has 0 spiro atoms. The lowest BCUT2D eigenvalue weighted by Gasteiger charge is -2.32. The number of nitrogens with zero attached hydrogens (tertiary/aromatic N) is 2. The normalized spacial score (nSPS) is 16.0. The minimum atomic E-state index is -0.935. The number of ether oxygens (including phenoxy) is 1. The number of carboxylic acids is 1. The van der Waals surface area contributed by atoms with Gasteiger partial charge in [0.15, 0.2) is 0 Å². The number of carboxylic acid groups (broad SMARTS) is 1. The molecule has 0 unspecified atom stereocenters. The largest absolute Gasteiger partial charge is 0.489 e. The van der Waals surface area contributed by atoms with Crippen molar-refractivity contribution in [3.63, 3.8) is 0 Å². The predicted octanol–water partition coefficient (Wildman–Crippen LogP) is 3.48. The van der Waals surface area contributed by atoms with Gasteiger partial charge in [-0.2, -0.15) is 0 Å². The van der Waals surface area contributed by atoms with Crippen LogP contribution in [0, 0.1) is 0 Å². The average molecular weight is 347 g/mol. The number of pyridine rings is 1. The van der Waals surface area contributed by atoms with Crippen LogP contribution in [-0.2, 0) is 6.54 Å². The Hall–Kier alpha value is -2.11. The van der Waals surface area contributed by atoms with E-state index in [0.717, 1.165) is 31.7 Å². The van der Waals surface area contributed by atoms with Crippen LogP contribution >= 0.6 is 11.6 Å². The third kappa shape index (κ3) is 4.04. The molecule has 3 rings (SSSR count). The molecular formula is C18H19ClN2O3. The summed E-state index contributed by atoms with van der Waals surface area (Å²) in [7, 11) is 0. The fourth-order valence-electron chi connectivity index (χ4n) is 2.88. The molecule has 126 valence electrons. The summed E-state index contributed by atoms with van der Waals surface area (Å²) < 4.78 is 5.98. The van der Waals surface area contributed by atoms with Crippen molar-refractivity contribution in [1.29, 1.82) is 0 Å². The second kappa shape index (κ2) is 7.64. The second-order valence-electron chi connectivity index (χ2n) is 5.83. The summed E-state index contributed by atoms with van der Waals surface area (Å²) >= 11 is 6.13. The van der Waals surface area contributed by atoms with Gasteiger partial charge in [-0.15, -0.1) is 0 Å². The number of likely N-dealkylation sites (tertiary alicyclic amines) is 1. The first-order valence-corrected chi connectivity index (χ1v) is 8.32. The fraction of sp³-hybridized carbons (Fsp3) is 0.333. The molecule has 1 fully saturated rings. The molecular weight excluding hydrogens is 328 g/mol. The van der Waals surface area contributed by atoms with Gasteiger partial charge in [0.25, 0.3) is 0 Å². The molecule has 1 aromatic heterocycles. The summed E-state index contributed by atoms with van der Waals surface area (Å²) in [5, 5.41) is 9.86. The van der Waals surface area contributed by atoms with E-state index in [-0.39, 0.29) is 11.7 Å². The Balaban J connectivity index is 1.56. The van der Waals surface area contributed by atoms with E-state index in [4.69, 9.17) is 16.3 Å². The molecule has 0 aliphatic carbocycles. The molecule has 0 bridgehead atoms. The van der Waals surface area contributed by atoms with Crippen molar-refractivity contribution in [2.45, 2.75) is 25.5 Å². The number of halogens is 1. The number of aromatic carboxylic acids is 1. The third-order valence-corrected chi connectivity index (χ3v) is 4.47. The van der Waals surface area contributed by atoms with E-state index in [1.807, 2.05) is 24.3 Å². The SMILES string of the molecule is O=C(O)c1cccnc1CN1CCC(Oc2ccccc2Cl)CC1. The molecule has 24 heavy (non-hydrogen) atoms. The van der Waals surface area contributed by atoms with Gasteiger partial charge in [-0.25, -0.2) is 4.79 Å². The average Bonchev–Trinajstić information content (AvgIpc) is 2.59. The van der Waals surface area contributed by atoms with Crippen LogP contribution in [0.25, 0.3) is 0 Å². The van der Waals surface area contributed by atoms with E-state index in [1.54, 1.807) is 18.3 Å². The van der Waals surface area contributed by atoms with Crippen molar-refractivity contribution in [3.05, 3.63) is 58.9 Å². The van der Waals surface area contributed by atoms with Gasteiger partial charge >= 0.3 is 5.97 Å². The molecule has 2 aromatic rings. The minimum Gasteiger partial charge on any atom is -0.489 e. The zero-order valence-corrected chi connectivity index (χ0v) is 13.9. The van der Waals surface area contributed by atoms with Gasteiger partial charge in [0, 0.05) is 25.8 Å². The highest BCUT2D eigenvalue weighted by molar-refractivity contribution is 6.32.